The van der Waals surface area contributed by atoms with E-state index in [4.69, 9.17) is 4.74 Å². The van der Waals surface area contributed by atoms with Crippen molar-refractivity contribution in [2.75, 3.05) is 12.9 Å². The molecule has 0 radical (unpaired) electrons. The first-order valence-corrected chi connectivity index (χ1v) is 8.52. The summed E-state index contributed by atoms with van der Waals surface area (Å²) in [6, 6.07) is 7.57. The Balaban J connectivity index is 1.79. The van der Waals surface area contributed by atoms with Crippen molar-refractivity contribution < 1.29 is 13.2 Å². The number of benzene rings is 1. The van der Waals surface area contributed by atoms with E-state index in [1.165, 1.54) is 6.26 Å². The Morgan fingerprint density at radius 2 is 1.89 bits per heavy atom. The van der Waals surface area contributed by atoms with Crippen molar-refractivity contribution in [1.29, 1.82) is 0 Å². The second kappa shape index (κ2) is 6.03. The maximum atomic E-state index is 11.3. The third-order valence-corrected chi connectivity index (χ3v) is 4.57. The Morgan fingerprint density at radius 1 is 1.26 bits per heavy atom. The minimum absolute atomic E-state index is 0.372. The number of rotatable bonds is 6. The fourth-order valence-electron chi connectivity index (χ4n) is 2.22. The summed E-state index contributed by atoms with van der Waals surface area (Å²) in [6.07, 6.45) is 3.77. The maximum absolute atomic E-state index is 11.3. The van der Waals surface area contributed by atoms with Gasteiger partial charge in [-0.1, -0.05) is 12.1 Å². The van der Waals surface area contributed by atoms with Crippen LogP contribution in [0.4, 0.5) is 0 Å². The molecular formula is C14H21NO3S. The summed E-state index contributed by atoms with van der Waals surface area (Å²) in [6.45, 7) is 3.57. The zero-order chi connectivity index (χ0) is 13.9. The molecule has 0 aromatic heterocycles. The van der Waals surface area contributed by atoms with Gasteiger partial charge in [0.25, 0.3) is 0 Å². The largest absolute Gasteiger partial charge is 0.378 e. The third kappa shape index (κ3) is 4.03. The van der Waals surface area contributed by atoms with E-state index in [0.29, 0.717) is 17.0 Å². The molecule has 1 N–H and O–H groups in total. The molecule has 1 aromatic rings. The summed E-state index contributed by atoms with van der Waals surface area (Å²) in [5.41, 5.74) is 1.10. The van der Waals surface area contributed by atoms with Crippen LogP contribution in [-0.2, 0) is 21.1 Å². The van der Waals surface area contributed by atoms with Crippen molar-refractivity contribution in [3.63, 3.8) is 0 Å². The lowest BCUT2D eigenvalue weighted by Gasteiger charge is -2.35. The van der Waals surface area contributed by atoms with Gasteiger partial charge in [0.1, 0.15) is 0 Å². The van der Waals surface area contributed by atoms with Gasteiger partial charge in [0.15, 0.2) is 9.84 Å². The van der Waals surface area contributed by atoms with Crippen LogP contribution in [0.15, 0.2) is 29.2 Å². The minimum atomic E-state index is -3.09. The predicted molar refractivity (Wildman–Crippen MR) is 74.8 cm³/mol. The molecule has 2 rings (SSSR count). The van der Waals surface area contributed by atoms with Crippen LogP contribution in [-0.4, -0.2) is 33.4 Å². The molecule has 0 atom stereocenters. The monoisotopic (exact) mass is 283 g/mol. The fourth-order valence-corrected chi connectivity index (χ4v) is 2.85. The Bertz CT molecular complexity index is 504. The second-order valence-corrected chi connectivity index (χ2v) is 7.06. The topological polar surface area (TPSA) is 55.4 Å². The molecule has 1 aliphatic carbocycles. The summed E-state index contributed by atoms with van der Waals surface area (Å²) in [5.74, 6) is 0. The van der Waals surface area contributed by atoms with Crippen molar-refractivity contribution in [2.24, 2.45) is 0 Å². The molecule has 1 aromatic carbocycles. The SMILES string of the molecule is CCOC1CC(NCc2ccc(S(C)(=O)=O)cc2)C1. The molecule has 5 heteroatoms. The molecule has 1 fully saturated rings. The first-order chi connectivity index (χ1) is 8.99. The number of nitrogens with one attached hydrogen (secondary N) is 1. The van der Waals surface area contributed by atoms with Gasteiger partial charge in [0, 0.05) is 25.4 Å². The quantitative estimate of drug-likeness (QED) is 0.864. The van der Waals surface area contributed by atoms with E-state index in [0.717, 1.165) is 31.6 Å². The Hall–Kier alpha value is -0.910. The van der Waals surface area contributed by atoms with Gasteiger partial charge < -0.3 is 10.1 Å². The first kappa shape index (κ1) is 14.5. The van der Waals surface area contributed by atoms with Crippen molar-refractivity contribution in [2.45, 2.75) is 43.4 Å². The van der Waals surface area contributed by atoms with Crippen LogP contribution in [0.3, 0.4) is 0 Å². The van der Waals surface area contributed by atoms with E-state index < -0.39 is 9.84 Å². The molecule has 4 nitrogen and oxygen atoms in total. The highest BCUT2D eigenvalue weighted by atomic mass is 32.2. The fraction of sp³-hybridized carbons (Fsp3) is 0.571. The smallest absolute Gasteiger partial charge is 0.175 e. The summed E-state index contributed by atoms with van der Waals surface area (Å²) in [7, 11) is -3.09. The van der Waals surface area contributed by atoms with Crippen LogP contribution < -0.4 is 5.32 Å². The Kier molecular flexibility index (Phi) is 4.60. The Morgan fingerprint density at radius 3 is 2.42 bits per heavy atom. The number of hydrogen-bond acceptors (Lipinski definition) is 4. The Labute approximate surface area is 115 Å². The van der Waals surface area contributed by atoms with E-state index in [-0.39, 0.29) is 0 Å². The molecule has 1 saturated carbocycles. The van der Waals surface area contributed by atoms with Crippen molar-refractivity contribution in [1.82, 2.24) is 5.32 Å². The highest BCUT2D eigenvalue weighted by molar-refractivity contribution is 7.90. The van der Waals surface area contributed by atoms with Crippen LogP contribution in [0.25, 0.3) is 0 Å². The lowest BCUT2D eigenvalue weighted by Crippen LogP contribution is -2.45. The minimum Gasteiger partial charge on any atom is -0.378 e. The van der Waals surface area contributed by atoms with E-state index in [2.05, 4.69) is 5.32 Å². The normalized spacial score (nSPS) is 23.1. The average Bonchev–Trinajstić information content (AvgIpc) is 2.31. The molecule has 0 spiro atoms. The molecule has 0 aliphatic heterocycles. The van der Waals surface area contributed by atoms with E-state index in [1.807, 2.05) is 19.1 Å². The zero-order valence-corrected chi connectivity index (χ0v) is 12.2. The number of ether oxygens (including phenoxy) is 1. The predicted octanol–water partition coefficient (Wildman–Crippen LogP) is 1.75. The first-order valence-electron chi connectivity index (χ1n) is 6.63. The van der Waals surface area contributed by atoms with Gasteiger partial charge >= 0.3 is 0 Å². The highest BCUT2D eigenvalue weighted by Crippen LogP contribution is 2.23. The van der Waals surface area contributed by atoms with Crippen molar-refractivity contribution in [3.05, 3.63) is 29.8 Å². The van der Waals surface area contributed by atoms with E-state index in [1.54, 1.807) is 12.1 Å². The molecule has 0 saturated heterocycles. The molecule has 19 heavy (non-hydrogen) atoms. The lowest BCUT2D eigenvalue weighted by molar-refractivity contribution is -0.0102. The van der Waals surface area contributed by atoms with E-state index in [9.17, 15) is 8.42 Å². The molecule has 0 bridgehead atoms. The van der Waals surface area contributed by atoms with Crippen molar-refractivity contribution >= 4 is 9.84 Å². The van der Waals surface area contributed by atoms with Gasteiger partial charge in [-0.05, 0) is 37.5 Å². The van der Waals surface area contributed by atoms with Crippen LogP contribution in [0.5, 0.6) is 0 Å². The number of sulfone groups is 1. The molecule has 0 unspecified atom stereocenters. The molecular weight excluding hydrogens is 262 g/mol. The summed E-state index contributed by atoms with van der Waals surface area (Å²) in [5, 5.41) is 3.45. The molecule has 106 valence electrons. The summed E-state index contributed by atoms with van der Waals surface area (Å²) in [4.78, 5) is 0.372. The van der Waals surface area contributed by atoms with Crippen LogP contribution in [0.1, 0.15) is 25.3 Å². The number of hydrogen-bond donors (Lipinski definition) is 1. The highest BCUT2D eigenvalue weighted by Gasteiger charge is 2.28. The van der Waals surface area contributed by atoms with Gasteiger partial charge in [0.2, 0.25) is 0 Å². The summed E-state index contributed by atoms with van der Waals surface area (Å²) >= 11 is 0. The third-order valence-electron chi connectivity index (χ3n) is 3.44. The second-order valence-electron chi connectivity index (χ2n) is 5.04. The van der Waals surface area contributed by atoms with Gasteiger partial charge in [-0.25, -0.2) is 8.42 Å². The zero-order valence-electron chi connectivity index (χ0n) is 11.4. The summed E-state index contributed by atoms with van der Waals surface area (Å²) < 4.78 is 28.2. The maximum Gasteiger partial charge on any atom is 0.175 e. The standard InChI is InChI=1S/C14H21NO3S/c1-3-18-13-8-12(9-13)15-10-11-4-6-14(7-5-11)19(2,16)17/h4-7,12-13,15H,3,8-10H2,1-2H3. The molecule has 0 heterocycles. The van der Waals surface area contributed by atoms with Crippen LogP contribution in [0, 0.1) is 0 Å². The molecule has 0 amide bonds. The van der Waals surface area contributed by atoms with Crippen molar-refractivity contribution in [3.8, 4) is 0 Å². The van der Waals surface area contributed by atoms with E-state index >= 15 is 0 Å². The van der Waals surface area contributed by atoms with Gasteiger partial charge in [0.05, 0.1) is 11.0 Å². The van der Waals surface area contributed by atoms with Crippen LogP contribution >= 0.6 is 0 Å². The van der Waals surface area contributed by atoms with Crippen LogP contribution in [0.2, 0.25) is 0 Å². The molecule has 1 aliphatic rings. The van der Waals surface area contributed by atoms with Gasteiger partial charge in [-0.15, -0.1) is 0 Å². The average molecular weight is 283 g/mol. The van der Waals surface area contributed by atoms with Gasteiger partial charge in [-0.3, -0.25) is 0 Å². The lowest BCUT2D eigenvalue weighted by atomic mass is 9.89. The van der Waals surface area contributed by atoms with Gasteiger partial charge in [-0.2, -0.15) is 0 Å².